The Morgan fingerprint density at radius 2 is 1.72 bits per heavy atom. The number of hydrogen-bond donors (Lipinski definition) is 1. The van der Waals surface area contributed by atoms with Gasteiger partial charge in [-0.05, 0) is 29.1 Å². The highest BCUT2D eigenvalue weighted by Gasteiger charge is 2.14. The van der Waals surface area contributed by atoms with Crippen molar-refractivity contribution in [3.05, 3.63) is 82.4 Å². The van der Waals surface area contributed by atoms with Crippen molar-refractivity contribution in [3.63, 3.8) is 0 Å². The van der Waals surface area contributed by atoms with Crippen molar-refractivity contribution in [2.24, 2.45) is 10.8 Å². The highest BCUT2D eigenvalue weighted by Crippen LogP contribution is 2.26. The number of anilines is 1. The molecule has 0 saturated heterocycles. The van der Waals surface area contributed by atoms with Crippen LogP contribution in [0.4, 0.5) is 16.2 Å². The van der Waals surface area contributed by atoms with Gasteiger partial charge in [0, 0.05) is 17.5 Å². The van der Waals surface area contributed by atoms with E-state index >= 15 is 0 Å². The van der Waals surface area contributed by atoms with Gasteiger partial charge in [-0.25, -0.2) is 4.79 Å². The highest BCUT2D eigenvalue weighted by atomic mass is 16.6. The fourth-order valence-corrected chi connectivity index (χ4v) is 2.44. The minimum Gasteiger partial charge on any atom is -0.350 e. The molecule has 7 heteroatoms. The highest BCUT2D eigenvalue weighted by molar-refractivity contribution is 6.03. The number of urea groups is 1. The van der Waals surface area contributed by atoms with E-state index in [-0.39, 0.29) is 5.69 Å². The van der Waals surface area contributed by atoms with E-state index in [2.05, 4.69) is 5.10 Å². The lowest BCUT2D eigenvalue weighted by Crippen LogP contribution is -2.31. The molecular formula is C18H14N4O3. The zero-order chi connectivity index (χ0) is 17.8. The molecule has 0 atom stereocenters. The number of fused-ring (bicyclic) bond motifs is 1. The van der Waals surface area contributed by atoms with Crippen molar-refractivity contribution >= 4 is 34.4 Å². The predicted molar refractivity (Wildman–Crippen MR) is 96.7 cm³/mol. The Morgan fingerprint density at radius 3 is 2.40 bits per heavy atom. The van der Waals surface area contributed by atoms with Crippen molar-refractivity contribution < 1.29 is 9.72 Å². The molecule has 0 radical (unpaired) electrons. The molecule has 0 aliphatic rings. The average molecular weight is 334 g/mol. The molecule has 3 aromatic carbocycles. The standard InChI is InChI=1S/C18H14N4O3/c19-18(23)21(17-7-3-5-14-4-1-2-6-16(14)17)20-12-13-8-10-15(11-9-13)22(24)25/h1-12H,(H2,19,23)/b20-12-. The third-order valence-electron chi connectivity index (χ3n) is 3.63. The van der Waals surface area contributed by atoms with Crippen LogP contribution in [-0.2, 0) is 0 Å². The van der Waals surface area contributed by atoms with Gasteiger partial charge in [0.15, 0.2) is 0 Å². The van der Waals surface area contributed by atoms with Gasteiger partial charge in [-0.15, -0.1) is 0 Å². The van der Waals surface area contributed by atoms with E-state index in [1.54, 1.807) is 18.2 Å². The number of non-ortho nitro benzene ring substituents is 1. The minimum absolute atomic E-state index is 0.0158. The molecule has 7 nitrogen and oxygen atoms in total. The van der Waals surface area contributed by atoms with Crippen LogP contribution in [0.5, 0.6) is 0 Å². The van der Waals surface area contributed by atoms with E-state index in [0.29, 0.717) is 11.3 Å². The third-order valence-corrected chi connectivity index (χ3v) is 3.63. The third kappa shape index (κ3) is 3.45. The lowest BCUT2D eigenvalue weighted by atomic mass is 10.1. The molecule has 0 fully saturated rings. The van der Waals surface area contributed by atoms with Gasteiger partial charge in [0.05, 0.1) is 16.8 Å². The number of amides is 2. The van der Waals surface area contributed by atoms with E-state index in [4.69, 9.17) is 5.73 Å². The van der Waals surface area contributed by atoms with E-state index in [1.807, 2.05) is 36.4 Å². The zero-order valence-corrected chi connectivity index (χ0v) is 13.1. The monoisotopic (exact) mass is 334 g/mol. The molecule has 0 bridgehead atoms. The Labute approximate surface area is 143 Å². The number of nitro groups is 1. The molecule has 0 heterocycles. The van der Waals surface area contributed by atoms with Crippen LogP contribution in [-0.4, -0.2) is 17.2 Å². The number of carbonyl (C=O) groups excluding carboxylic acids is 1. The lowest BCUT2D eigenvalue weighted by molar-refractivity contribution is -0.384. The average Bonchev–Trinajstić information content (AvgIpc) is 2.62. The fraction of sp³-hybridized carbons (Fsp3) is 0. The maximum absolute atomic E-state index is 11.9. The first kappa shape index (κ1) is 16.1. The summed E-state index contributed by atoms with van der Waals surface area (Å²) in [4.78, 5) is 22.1. The maximum Gasteiger partial charge on any atom is 0.340 e. The van der Waals surface area contributed by atoms with Gasteiger partial charge in [-0.2, -0.15) is 10.1 Å². The van der Waals surface area contributed by atoms with Crippen LogP contribution in [0, 0.1) is 10.1 Å². The van der Waals surface area contributed by atoms with E-state index in [0.717, 1.165) is 15.8 Å². The molecule has 0 saturated carbocycles. The summed E-state index contributed by atoms with van der Waals surface area (Å²) in [6.45, 7) is 0. The zero-order valence-electron chi connectivity index (χ0n) is 13.1. The van der Waals surface area contributed by atoms with Crippen LogP contribution in [0.25, 0.3) is 10.8 Å². The van der Waals surface area contributed by atoms with Gasteiger partial charge in [-0.1, -0.05) is 36.4 Å². The first-order valence-corrected chi connectivity index (χ1v) is 7.42. The number of carbonyl (C=O) groups is 1. The predicted octanol–water partition coefficient (Wildman–Crippen LogP) is 3.67. The molecule has 2 N–H and O–H groups in total. The molecule has 0 aliphatic carbocycles. The molecular weight excluding hydrogens is 320 g/mol. The van der Waals surface area contributed by atoms with Gasteiger partial charge in [-0.3, -0.25) is 10.1 Å². The fourth-order valence-electron chi connectivity index (χ4n) is 2.44. The summed E-state index contributed by atoms with van der Waals surface area (Å²) < 4.78 is 0. The molecule has 3 rings (SSSR count). The van der Waals surface area contributed by atoms with E-state index in [1.165, 1.54) is 18.3 Å². The van der Waals surface area contributed by atoms with Crippen LogP contribution in [0.3, 0.4) is 0 Å². The Morgan fingerprint density at radius 1 is 1.04 bits per heavy atom. The second-order valence-electron chi connectivity index (χ2n) is 5.24. The topological polar surface area (TPSA) is 102 Å². The van der Waals surface area contributed by atoms with Crippen LogP contribution in [0.2, 0.25) is 0 Å². The molecule has 0 unspecified atom stereocenters. The van der Waals surface area contributed by atoms with Crippen molar-refractivity contribution in [1.29, 1.82) is 0 Å². The minimum atomic E-state index is -0.727. The normalized spacial score (nSPS) is 10.9. The number of primary amides is 1. The summed E-state index contributed by atoms with van der Waals surface area (Å²) in [6, 6.07) is 18.2. The molecule has 0 aliphatic heterocycles. The number of benzene rings is 3. The van der Waals surface area contributed by atoms with Gasteiger partial charge in [0.1, 0.15) is 0 Å². The van der Waals surface area contributed by atoms with Crippen LogP contribution < -0.4 is 10.7 Å². The second-order valence-corrected chi connectivity index (χ2v) is 5.24. The van der Waals surface area contributed by atoms with Gasteiger partial charge < -0.3 is 5.73 Å². The molecule has 0 aromatic heterocycles. The molecule has 2 amide bonds. The SMILES string of the molecule is NC(=O)N(/N=C\c1ccc([N+](=O)[O-])cc1)c1cccc2ccccc12. The summed E-state index contributed by atoms with van der Waals surface area (Å²) in [5.41, 5.74) is 6.62. The smallest absolute Gasteiger partial charge is 0.340 e. The summed E-state index contributed by atoms with van der Waals surface area (Å²) in [5.74, 6) is 0. The number of hydrazone groups is 1. The summed E-state index contributed by atoms with van der Waals surface area (Å²) in [7, 11) is 0. The number of nitrogens with two attached hydrogens (primary N) is 1. The van der Waals surface area contributed by atoms with Gasteiger partial charge >= 0.3 is 6.03 Å². The summed E-state index contributed by atoms with van der Waals surface area (Å²) >= 11 is 0. The first-order chi connectivity index (χ1) is 12.1. The molecule has 0 spiro atoms. The second kappa shape index (κ2) is 6.79. The van der Waals surface area contributed by atoms with Crippen molar-refractivity contribution in [2.75, 3.05) is 5.01 Å². The number of nitro benzene ring substituents is 1. The van der Waals surface area contributed by atoms with E-state index < -0.39 is 11.0 Å². The van der Waals surface area contributed by atoms with E-state index in [9.17, 15) is 14.9 Å². The molecule has 25 heavy (non-hydrogen) atoms. The summed E-state index contributed by atoms with van der Waals surface area (Å²) in [5, 5.41) is 17.7. The first-order valence-electron chi connectivity index (χ1n) is 7.42. The van der Waals surface area contributed by atoms with Crippen LogP contribution >= 0.6 is 0 Å². The van der Waals surface area contributed by atoms with Crippen molar-refractivity contribution in [1.82, 2.24) is 0 Å². The van der Waals surface area contributed by atoms with Gasteiger partial charge in [0.2, 0.25) is 0 Å². The number of nitrogens with zero attached hydrogens (tertiary/aromatic N) is 3. The molecule has 124 valence electrons. The van der Waals surface area contributed by atoms with Crippen molar-refractivity contribution in [3.8, 4) is 0 Å². The Kier molecular flexibility index (Phi) is 4.38. The Bertz CT molecular complexity index is 962. The molecule has 3 aromatic rings. The van der Waals surface area contributed by atoms with Crippen LogP contribution in [0.15, 0.2) is 71.8 Å². The lowest BCUT2D eigenvalue weighted by Gasteiger charge is -2.16. The quantitative estimate of drug-likeness (QED) is 0.447. The maximum atomic E-state index is 11.9. The Hall–Kier alpha value is -3.74. The summed E-state index contributed by atoms with van der Waals surface area (Å²) in [6.07, 6.45) is 1.43. The number of rotatable bonds is 4. The van der Waals surface area contributed by atoms with Crippen molar-refractivity contribution in [2.45, 2.75) is 0 Å². The van der Waals surface area contributed by atoms with Gasteiger partial charge in [0.25, 0.3) is 5.69 Å². The van der Waals surface area contributed by atoms with Crippen LogP contribution in [0.1, 0.15) is 5.56 Å². The largest absolute Gasteiger partial charge is 0.350 e. The number of hydrogen-bond acceptors (Lipinski definition) is 4. The Balaban J connectivity index is 1.96.